The second-order valence-electron chi connectivity index (χ2n) is 13.2. The fraction of sp³-hybridized carbons (Fsp3) is 0.167. The Labute approximate surface area is 350 Å². The van der Waals surface area contributed by atoms with Gasteiger partial charge >= 0.3 is 20.1 Å². The predicted octanol–water partition coefficient (Wildman–Crippen LogP) is 10.4. The second-order valence-corrected chi connectivity index (χ2v) is 13.2. The Morgan fingerprint density at radius 3 is 0.965 bits per heavy atom. The standard InChI is InChI=1S/C12H12N2.3C12H11N2.Ir/c4*1-9-5-7-14-12(8-9)11-4-3-6-13-10(11)2;/h3-8H,1-2H3;3*3,5-8H,1-2H3;/q;3*-1;+3. The number of nitrogens with zero attached hydrogens (tertiary/aromatic N) is 8. The number of hydrogen-bond acceptors (Lipinski definition) is 8. The summed E-state index contributed by atoms with van der Waals surface area (Å²) in [5.74, 6) is 0. The average Bonchev–Trinajstić information content (AvgIpc) is 3.19. The molecule has 0 fully saturated rings. The molecule has 0 amide bonds. The first-order valence-electron chi connectivity index (χ1n) is 18.2. The maximum Gasteiger partial charge on any atom is 3.00 e. The van der Waals surface area contributed by atoms with Gasteiger partial charge in [-0.1, -0.05) is 74.3 Å². The quantitative estimate of drug-likeness (QED) is 0.161. The van der Waals surface area contributed by atoms with Crippen LogP contribution in [0.5, 0.6) is 0 Å². The van der Waals surface area contributed by atoms with Crippen molar-refractivity contribution in [2.45, 2.75) is 55.4 Å². The molecule has 8 rings (SSSR count). The maximum atomic E-state index is 4.33. The van der Waals surface area contributed by atoms with Gasteiger partial charge in [-0.2, -0.15) is 0 Å². The smallest absolute Gasteiger partial charge is 0.357 e. The Morgan fingerprint density at radius 2 is 0.649 bits per heavy atom. The van der Waals surface area contributed by atoms with E-state index in [0.29, 0.717) is 0 Å². The summed E-state index contributed by atoms with van der Waals surface area (Å²) < 4.78 is 0. The fourth-order valence-corrected chi connectivity index (χ4v) is 5.55. The van der Waals surface area contributed by atoms with Gasteiger partial charge < -0.3 is 29.9 Å². The van der Waals surface area contributed by atoms with E-state index < -0.39 is 0 Å². The van der Waals surface area contributed by atoms with Gasteiger partial charge in [0.25, 0.3) is 0 Å². The van der Waals surface area contributed by atoms with E-state index in [9.17, 15) is 0 Å². The summed E-state index contributed by atoms with van der Waals surface area (Å²) in [6.45, 7) is 16.1. The molecule has 0 aliphatic rings. The summed E-state index contributed by atoms with van der Waals surface area (Å²) in [6, 6.07) is 35.0. The van der Waals surface area contributed by atoms with Crippen LogP contribution in [-0.2, 0) is 20.1 Å². The topological polar surface area (TPSA) is 103 Å². The molecule has 0 aliphatic carbocycles. The van der Waals surface area contributed by atoms with Crippen molar-refractivity contribution >= 4 is 0 Å². The third-order valence-corrected chi connectivity index (χ3v) is 8.51. The molecule has 0 aromatic carbocycles. The summed E-state index contributed by atoms with van der Waals surface area (Å²) >= 11 is 0. The molecule has 8 aromatic rings. The van der Waals surface area contributed by atoms with Crippen molar-refractivity contribution in [1.82, 2.24) is 39.9 Å². The molecule has 57 heavy (non-hydrogen) atoms. The summed E-state index contributed by atoms with van der Waals surface area (Å²) in [6.07, 6.45) is 14.3. The molecule has 0 unspecified atom stereocenters. The molecule has 0 radical (unpaired) electrons. The van der Waals surface area contributed by atoms with Gasteiger partial charge in [-0.15, -0.1) is 53.1 Å². The van der Waals surface area contributed by atoms with E-state index in [1.807, 2.05) is 125 Å². The second kappa shape index (κ2) is 21.8. The van der Waals surface area contributed by atoms with Crippen LogP contribution in [0, 0.1) is 73.6 Å². The molecule has 8 heterocycles. The van der Waals surface area contributed by atoms with Gasteiger partial charge in [0.2, 0.25) is 0 Å². The van der Waals surface area contributed by atoms with Crippen LogP contribution in [0.15, 0.2) is 128 Å². The number of aryl methyl sites for hydroxylation is 8. The predicted molar refractivity (Wildman–Crippen MR) is 224 cm³/mol. The van der Waals surface area contributed by atoms with Crippen LogP contribution in [0.3, 0.4) is 0 Å². The Balaban J connectivity index is 0.000000167. The molecule has 0 spiro atoms. The van der Waals surface area contributed by atoms with Gasteiger partial charge in [0.05, 0.1) is 5.69 Å². The zero-order chi connectivity index (χ0) is 39.9. The van der Waals surface area contributed by atoms with E-state index in [-0.39, 0.29) is 20.1 Å². The molecule has 0 atom stereocenters. The third kappa shape index (κ3) is 13.0. The van der Waals surface area contributed by atoms with Crippen molar-refractivity contribution in [3.05, 3.63) is 192 Å². The Hall–Kier alpha value is -6.15. The van der Waals surface area contributed by atoms with E-state index in [0.717, 1.165) is 67.8 Å². The molecule has 8 aromatic heterocycles. The van der Waals surface area contributed by atoms with Gasteiger partial charge in [-0.25, -0.2) is 0 Å². The van der Waals surface area contributed by atoms with Crippen LogP contribution in [0.25, 0.3) is 45.0 Å². The van der Waals surface area contributed by atoms with Crippen molar-refractivity contribution in [1.29, 1.82) is 0 Å². The molecule has 0 bridgehead atoms. The normalized spacial score (nSPS) is 9.96. The van der Waals surface area contributed by atoms with Gasteiger partial charge in [0.15, 0.2) is 0 Å². The van der Waals surface area contributed by atoms with Crippen LogP contribution in [0.4, 0.5) is 0 Å². The first-order valence-corrected chi connectivity index (χ1v) is 18.2. The maximum absolute atomic E-state index is 4.33. The van der Waals surface area contributed by atoms with Gasteiger partial charge in [0, 0.05) is 42.2 Å². The van der Waals surface area contributed by atoms with Crippen molar-refractivity contribution in [3.63, 3.8) is 0 Å². The van der Waals surface area contributed by atoms with Gasteiger partial charge in [-0.05, 0) is 117 Å². The molecule has 0 saturated carbocycles. The first-order chi connectivity index (χ1) is 27.1. The number of rotatable bonds is 4. The number of hydrogen-bond donors (Lipinski definition) is 0. The van der Waals surface area contributed by atoms with E-state index in [2.05, 4.69) is 91.8 Å². The molecule has 0 N–H and O–H groups in total. The molecule has 9 heteroatoms. The van der Waals surface area contributed by atoms with E-state index in [1.54, 1.807) is 24.8 Å². The molecule has 0 aliphatic heterocycles. The zero-order valence-corrected chi connectivity index (χ0v) is 35.9. The Morgan fingerprint density at radius 1 is 0.333 bits per heavy atom. The van der Waals surface area contributed by atoms with E-state index in [1.165, 1.54) is 22.3 Å². The molecular formula is C48H45IrN8. The Bertz CT molecular complexity index is 2150. The van der Waals surface area contributed by atoms with Crippen molar-refractivity contribution in [2.75, 3.05) is 0 Å². The van der Waals surface area contributed by atoms with Crippen LogP contribution >= 0.6 is 0 Å². The molecular weight excluding hydrogens is 881 g/mol. The summed E-state index contributed by atoms with van der Waals surface area (Å²) in [4.78, 5) is 34.1. The molecule has 8 nitrogen and oxygen atoms in total. The van der Waals surface area contributed by atoms with Crippen LogP contribution in [0.1, 0.15) is 45.0 Å². The molecule has 0 saturated heterocycles. The minimum Gasteiger partial charge on any atom is -0.357 e. The molecule has 286 valence electrons. The number of pyridine rings is 8. The van der Waals surface area contributed by atoms with Crippen molar-refractivity contribution in [3.8, 4) is 45.0 Å². The minimum absolute atomic E-state index is 0. The largest absolute Gasteiger partial charge is 3.00 e. The summed E-state index contributed by atoms with van der Waals surface area (Å²) in [7, 11) is 0. The minimum atomic E-state index is 0. The SMILES string of the molecule is Cc1ccnc(-c2[c-]ccnc2C)c1.Cc1ccnc(-c2[c-]ccnc2C)c1.Cc1ccnc(-c2[c-]ccnc2C)c1.Cc1ccnc(-c2cccnc2C)c1.[Ir+3]. The summed E-state index contributed by atoms with van der Waals surface area (Å²) in [5, 5.41) is 0. The monoisotopic (exact) mass is 926 g/mol. The van der Waals surface area contributed by atoms with Crippen molar-refractivity contribution in [2.24, 2.45) is 0 Å². The fourth-order valence-electron chi connectivity index (χ4n) is 5.55. The van der Waals surface area contributed by atoms with E-state index >= 15 is 0 Å². The van der Waals surface area contributed by atoms with E-state index in [4.69, 9.17) is 0 Å². The van der Waals surface area contributed by atoms with Gasteiger partial charge in [0.1, 0.15) is 0 Å². The first kappa shape index (κ1) is 43.6. The number of aromatic nitrogens is 8. The average molecular weight is 926 g/mol. The zero-order valence-electron chi connectivity index (χ0n) is 33.5. The van der Waals surface area contributed by atoms with Crippen LogP contribution in [0.2, 0.25) is 0 Å². The third-order valence-electron chi connectivity index (χ3n) is 8.51. The van der Waals surface area contributed by atoms with Gasteiger partial charge in [-0.3, -0.25) is 9.97 Å². The van der Waals surface area contributed by atoms with Crippen LogP contribution < -0.4 is 0 Å². The van der Waals surface area contributed by atoms with Crippen molar-refractivity contribution < 1.29 is 20.1 Å². The Kier molecular flexibility index (Phi) is 16.7. The summed E-state index contributed by atoms with van der Waals surface area (Å²) in [5.41, 5.74) is 16.6. The van der Waals surface area contributed by atoms with Crippen LogP contribution in [-0.4, -0.2) is 39.9 Å².